The molecule has 2 aromatic rings. The van der Waals surface area contributed by atoms with Crippen LogP contribution in [0.15, 0.2) is 30.3 Å². The summed E-state index contributed by atoms with van der Waals surface area (Å²) in [7, 11) is 0. The molecule has 1 heterocycles. The van der Waals surface area contributed by atoms with E-state index in [9.17, 15) is 0 Å². The van der Waals surface area contributed by atoms with Crippen LogP contribution in [0.4, 0.5) is 10.8 Å². The Morgan fingerprint density at radius 3 is 2.75 bits per heavy atom. The highest BCUT2D eigenvalue weighted by Crippen LogP contribution is 2.27. The summed E-state index contributed by atoms with van der Waals surface area (Å²) in [4.78, 5) is 6.64. The molecule has 5 nitrogen and oxygen atoms in total. The van der Waals surface area contributed by atoms with Crippen molar-refractivity contribution in [1.29, 1.82) is 5.41 Å². The molecule has 0 atom stereocenters. The number of hydrogen-bond donors (Lipinski definition) is 2. The molecule has 1 aromatic heterocycles. The molecule has 0 radical (unpaired) electrons. The van der Waals surface area contributed by atoms with Gasteiger partial charge in [-0.1, -0.05) is 25.1 Å². The molecule has 106 valence electrons. The summed E-state index contributed by atoms with van der Waals surface area (Å²) in [5, 5.41) is 8.26. The molecule has 0 amide bonds. The van der Waals surface area contributed by atoms with Crippen molar-refractivity contribution >= 4 is 28.2 Å². The number of rotatable bonds is 7. The molecule has 0 bridgehead atoms. The highest BCUT2D eigenvalue weighted by Gasteiger charge is 2.14. The van der Waals surface area contributed by atoms with E-state index >= 15 is 0 Å². The second-order valence-electron chi connectivity index (χ2n) is 4.51. The van der Waals surface area contributed by atoms with Gasteiger partial charge in [0.2, 0.25) is 5.13 Å². The van der Waals surface area contributed by atoms with Gasteiger partial charge < -0.3 is 10.6 Å². The monoisotopic (exact) mass is 289 g/mol. The van der Waals surface area contributed by atoms with Crippen molar-refractivity contribution in [2.45, 2.75) is 26.2 Å². The maximum absolute atomic E-state index is 7.40. The van der Waals surface area contributed by atoms with Crippen LogP contribution in [0.5, 0.6) is 0 Å². The number of nitrogens with two attached hydrogens (primary N) is 1. The van der Waals surface area contributed by atoms with E-state index in [1.165, 1.54) is 11.5 Å². The quantitative estimate of drug-likeness (QED) is 0.606. The van der Waals surface area contributed by atoms with E-state index in [2.05, 4.69) is 21.2 Å². The fourth-order valence-corrected chi connectivity index (χ4v) is 2.62. The number of nitrogens with one attached hydrogen (secondary N) is 1. The maximum atomic E-state index is 7.40. The minimum Gasteiger partial charge on any atom is -0.388 e. The number of nitrogens with zero attached hydrogens (tertiary/aromatic N) is 3. The van der Waals surface area contributed by atoms with Crippen LogP contribution < -0.4 is 10.6 Å². The molecular weight excluding hydrogens is 270 g/mol. The topological polar surface area (TPSA) is 78.9 Å². The average molecular weight is 289 g/mol. The Kier molecular flexibility index (Phi) is 5.06. The van der Waals surface area contributed by atoms with Crippen LogP contribution in [0.25, 0.3) is 0 Å². The molecule has 0 unspecified atom stereocenters. The summed E-state index contributed by atoms with van der Waals surface area (Å²) < 4.78 is 4.38. The normalized spacial score (nSPS) is 10.4. The minimum absolute atomic E-state index is 0.184. The zero-order chi connectivity index (χ0) is 14.4. The molecule has 0 fully saturated rings. The van der Waals surface area contributed by atoms with Gasteiger partial charge in [0, 0.05) is 36.6 Å². The number of hydrogen-bond acceptors (Lipinski definition) is 5. The van der Waals surface area contributed by atoms with Gasteiger partial charge in [0.25, 0.3) is 0 Å². The lowest BCUT2D eigenvalue weighted by atomic mass is 10.2. The SMILES string of the molecule is CCCc1nsc(N(CCC(=N)N)c2ccccc2)n1. The number of amidine groups is 1. The van der Waals surface area contributed by atoms with Gasteiger partial charge in [0.05, 0.1) is 5.84 Å². The third kappa shape index (κ3) is 3.77. The largest absolute Gasteiger partial charge is 0.388 e. The van der Waals surface area contributed by atoms with E-state index in [1.807, 2.05) is 30.3 Å². The van der Waals surface area contributed by atoms with Crippen molar-refractivity contribution < 1.29 is 0 Å². The van der Waals surface area contributed by atoms with Crippen molar-refractivity contribution in [2.24, 2.45) is 5.73 Å². The molecule has 0 spiro atoms. The van der Waals surface area contributed by atoms with Gasteiger partial charge in [0.1, 0.15) is 5.82 Å². The van der Waals surface area contributed by atoms with E-state index in [0.717, 1.165) is 29.5 Å². The third-order valence-electron chi connectivity index (χ3n) is 2.83. The van der Waals surface area contributed by atoms with Gasteiger partial charge >= 0.3 is 0 Å². The fourth-order valence-electron chi connectivity index (χ4n) is 1.85. The van der Waals surface area contributed by atoms with E-state index in [0.29, 0.717) is 13.0 Å². The molecule has 3 N–H and O–H groups in total. The number of anilines is 2. The second kappa shape index (κ2) is 7.00. The number of para-hydroxylation sites is 1. The summed E-state index contributed by atoms with van der Waals surface area (Å²) in [6, 6.07) is 10.0. The summed E-state index contributed by atoms with van der Waals surface area (Å²) in [5.74, 6) is 1.07. The number of aromatic nitrogens is 2. The minimum atomic E-state index is 0.184. The Hall–Kier alpha value is -1.95. The predicted octanol–water partition coefficient (Wildman–Crippen LogP) is 2.95. The van der Waals surface area contributed by atoms with Crippen LogP contribution in [0.2, 0.25) is 0 Å². The highest BCUT2D eigenvalue weighted by molar-refractivity contribution is 7.09. The Morgan fingerprint density at radius 1 is 1.35 bits per heavy atom. The average Bonchev–Trinajstić information content (AvgIpc) is 2.89. The van der Waals surface area contributed by atoms with Crippen LogP contribution in [-0.4, -0.2) is 21.7 Å². The first-order valence-corrected chi connectivity index (χ1v) is 7.46. The zero-order valence-electron chi connectivity index (χ0n) is 11.5. The van der Waals surface area contributed by atoms with Crippen molar-refractivity contribution in [3.05, 3.63) is 36.2 Å². The Balaban J connectivity index is 2.23. The molecule has 2 rings (SSSR count). The Bertz CT molecular complexity index is 552. The fraction of sp³-hybridized carbons (Fsp3) is 0.357. The van der Waals surface area contributed by atoms with Gasteiger partial charge in [0.15, 0.2) is 0 Å². The van der Waals surface area contributed by atoms with Crippen LogP contribution >= 0.6 is 11.5 Å². The number of benzene rings is 1. The molecule has 1 aromatic carbocycles. The highest BCUT2D eigenvalue weighted by atomic mass is 32.1. The van der Waals surface area contributed by atoms with Crippen molar-refractivity contribution in [2.75, 3.05) is 11.4 Å². The lowest BCUT2D eigenvalue weighted by molar-refractivity contribution is 0.853. The molecule has 0 saturated heterocycles. The Morgan fingerprint density at radius 2 is 2.10 bits per heavy atom. The molecule has 0 aliphatic heterocycles. The molecular formula is C14H19N5S. The first-order chi connectivity index (χ1) is 9.70. The van der Waals surface area contributed by atoms with Gasteiger partial charge in [-0.2, -0.15) is 4.37 Å². The summed E-state index contributed by atoms with van der Waals surface area (Å²) >= 11 is 1.40. The first kappa shape index (κ1) is 14.5. The molecule has 0 aliphatic carbocycles. The van der Waals surface area contributed by atoms with Gasteiger partial charge in [-0.05, 0) is 18.6 Å². The van der Waals surface area contributed by atoms with E-state index < -0.39 is 0 Å². The lowest BCUT2D eigenvalue weighted by Crippen LogP contribution is -2.23. The van der Waals surface area contributed by atoms with Crippen molar-refractivity contribution in [3.63, 3.8) is 0 Å². The van der Waals surface area contributed by atoms with Gasteiger partial charge in [-0.25, -0.2) is 4.98 Å². The second-order valence-corrected chi connectivity index (χ2v) is 5.24. The van der Waals surface area contributed by atoms with E-state index in [4.69, 9.17) is 11.1 Å². The van der Waals surface area contributed by atoms with Crippen LogP contribution in [0.3, 0.4) is 0 Å². The first-order valence-electron chi connectivity index (χ1n) is 6.68. The van der Waals surface area contributed by atoms with E-state index in [-0.39, 0.29) is 5.84 Å². The molecule has 20 heavy (non-hydrogen) atoms. The van der Waals surface area contributed by atoms with Crippen molar-refractivity contribution in [1.82, 2.24) is 9.36 Å². The van der Waals surface area contributed by atoms with Crippen LogP contribution in [-0.2, 0) is 6.42 Å². The predicted molar refractivity (Wildman–Crippen MR) is 83.9 cm³/mol. The Labute approximate surface area is 123 Å². The van der Waals surface area contributed by atoms with Crippen LogP contribution in [0.1, 0.15) is 25.6 Å². The standard InChI is InChI=1S/C14H19N5S/c1-2-6-13-17-14(20-18-13)19(10-9-12(15)16)11-7-4-3-5-8-11/h3-5,7-8H,2,6,9-10H2,1H3,(H3,15,16). The third-order valence-corrected chi connectivity index (χ3v) is 3.61. The maximum Gasteiger partial charge on any atom is 0.209 e. The summed E-state index contributed by atoms with van der Waals surface area (Å²) in [5.41, 5.74) is 6.52. The molecule has 0 saturated carbocycles. The van der Waals surface area contributed by atoms with E-state index in [1.54, 1.807) is 0 Å². The summed E-state index contributed by atoms with van der Waals surface area (Å²) in [6.45, 7) is 2.76. The zero-order valence-corrected chi connectivity index (χ0v) is 12.4. The summed E-state index contributed by atoms with van der Waals surface area (Å²) in [6.07, 6.45) is 2.44. The van der Waals surface area contributed by atoms with Gasteiger partial charge in [-0.15, -0.1) is 0 Å². The van der Waals surface area contributed by atoms with Crippen molar-refractivity contribution in [3.8, 4) is 0 Å². The smallest absolute Gasteiger partial charge is 0.209 e. The van der Waals surface area contributed by atoms with Gasteiger partial charge in [-0.3, -0.25) is 5.41 Å². The molecule has 0 aliphatic rings. The molecule has 6 heteroatoms. The number of aryl methyl sites for hydroxylation is 1. The van der Waals surface area contributed by atoms with Crippen LogP contribution in [0, 0.1) is 5.41 Å². The lowest BCUT2D eigenvalue weighted by Gasteiger charge is -2.21.